The summed E-state index contributed by atoms with van der Waals surface area (Å²) < 4.78 is 0. The lowest BCUT2D eigenvalue weighted by Gasteiger charge is -2.39. The minimum Gasteiger partial charge on any atom is -0.333 e. The van der Waals surface area contributed by atoms with Crippen molar-refractivity contribution in [3.8, 4) is 0 Å². The first-order valence-electron chi connectivity index (χ1n) is 7.54. The van der Waals surface area contributed by atoms with Crippen LogP contribution >= 0.6 is 0 Å². The topological polar surface area (TPSA) is 72.1 Å². The van der Waals surface area contributed by atoms with Crippen molar-refractivity contribution in [1.82, 2.24) is 14.9 Å². The summed E-state index contributed by atoms with van der Waals surface area (Å²) in [5, 5.41) is 0. The highest BCUT2D eigenvalue weighted by Gasteiger charge is 2.33. The van der Waals surface area contributed by atoms with Gasteiger partial charge in [0, 0.05) is 31.2 Å². The van der Waals surface area contributed by atoms with Crippen molar-refractivity contribution in [3.05, 3.63) is 23.8 Å². The van der Waals surface area contributed by atoms with Crippen LogP contribution < -0.4 is 5.73 Å². The molecule has 108 valence electrons. The number of rotatable bonds is 3. The van der Waals surface area contributed by atoms with Crippen molar-refractivity contribution in [2.45, 2.75) is 44.6 Å². The number of aromatic nitrogens is 2. The molecule has 1 aliphatic heterocycles. The van der Waals surface area contributed by atoms with Gasteiger partial charge in [0.05, 0.1) is 0 Å². The van der Waals surface area contributed by atoms with Crippen LogP contribution in [0.4, 0.5) is 0 Å². The maximum atomic E-state index is 12.7. The van der Waals surface area contributed by atoms with Crippen LogP contribution in [0.3, 0.4) is 0 Å². The lowest BCUT2D eigenvalue weighted by atomic mass is 9.90. The Morgan fingerprint density at radius 3 is 2.95 bits per heavy atom. The summed E-state index contributed by atoms with van der Waals surface area (Å²) in [5.74, 6) is 1.76. The van der Waals surface area contributed by atoms with Gasteiger partial charge in [-0.2, -0.15) is 0 Å². The predicted molar refractivity (Wildman–Crippen MR) is 76.3 cm³/mol. The molecule has 3 rings (SSSR count). The molecule has 20 heavy (non-hydrogen) atoms. The van der Waals surface area contributed by atoms with Crippen molar-refractivity contribution in [1.29, 1.82) is 0 Å². The maximum absolute atomic E-state index is 12.7. The molecule has 1 aromatic heterocycles. The van der Waals surface area contributed by atoms with Crippen molar-refractivity contribution in [2.75, 3.05) is 13.1 Å². The van der Waals surface area contributed by atoms with E-state index in [0.717, 1.165) is 38.1 Å². The van der Waals surface area contributed by atoms with E-state index in [-0.39, 0.29) is 11.9 Å². The molecular weight excluding hydrogens is 252 g/mol. The Morgan fingerprint density at radius 1 is 1.45 bits per heavy atom. The van der Waals surface area contributed by atoms with Gasteiger partial charge in [0.2, 0.25) is 0 Å². The first-order chi connectivity index (χ1) is 9.70. The van der Waals surface area contributed by atoms with Gasteiger partial charge in [-0.15, -0.1) is 0 Å². The molecule has 0 radical (unpaired) electrons. The molecule has 1 amide bonds. The van der Waals surface area contributed by atoms with E-state index in [4.69, 9.17) is 5.73 Å². The zero-order valence-corrected chi connectivity index (χ0v) is 12.0. The number of likely N-dealkylation sites (tertiary alicyclic amines) is 1. The van der Waals surface area contributed by atoms with E-state index < -0.39 is 0 Å². The van der Waals surface area contributed by atoms with Crippen LogP contribution in [0.1, 0.15) is 54.8 Å². The summed E-state index contributed by atoms with van der Waals surface area (Å²) in [6.07, 6.45) is 6.18. The molecule has 2 heterocycles. The Bertz CT molecular complexity index is 500. The van der Waals surface area contributed by atoms with Gasteiger partial charge in [-0.1, -0.05) is 6.92 Å². The molecule has 5 nitrogen and oxygen atoms in total. The van der Waals surface area contributed by atoms with Crippen LogP contribution in [0.2, 0.25) is 0 Å². The summed E-state index contributed by atoms with van der Waals surface area (Å²) in [6.45, 7) is 3.48. The SMILES string of the molecule is C[C@H]1CCCN(C(=O)c2ccnc(C3CC3)n2)[C@H]1CN. The smallest absolute Gasteiger partial charge is 0.272 e. The molecular formula is C15H22N4O. The van der Waals surface area contributed by atoms with Crippen LogP contribution in [0.5, 0.6) is 0 Å². The zero-order valence-electron chi connectivity index (χ0n) is 12.0. The van der Waals surface area contributed by atoms with E-state index in [0.29, 0.717) is 24.1 Å². The number of piperidine rings is 1. The number of hydrogen-bond acceptors (Lipinski definition) is 4. The highest BCUT2D eigenvalue weighted by Crippen LogP contribution is 2.37. The molecule has 2 fully saturated rings. The second-order valence-electron chi connectivity index (χ2n) is 6.00. The molecule has 1 saturated carbocycles. The third-order valence-electron chi connectivity index (χ3n) is 4.45. The summed E-state index contributed by atoms with van der Waals surface area (Å²) in [5.41, 5.74) is 6.38. The molecule has 0 bridgehead atoms. The van der Waals surface area contributed by atoms with Crippen molar-refractivity contribution >= 4 is 5.91 Å². The Kier molecular flexibility index (Phi) is 3.70. The van der Waals surface area contributed by atoms with Gasteiger partial charge in [-0.3, -0.25) is 4.79 Å². The van der Waals surface area contributed by atoms with E-state index in [9.17, 15) is 4.79 Å². The van der Waals surface area contributed by atoms with Crippen molar-refractivity contribution in [3.63, 3.8) is 0 Å². The summed E-state index contributed by atoms with van der Waals surface area (Å²) in [4.78, 5) is 23.3. The molecule has 0 spiro atoms. The summed E-state index contributed by atoms with van der Waals surface area (Å²) in [6, 6.07) is 1.86. The summed E-state index contributed by atoms with van der Waals surface area (Å²) >= 11 is 0. The standard InChI is InChI=1S/C15H22N4O/c1-10-3-2-8-19(13(10)9-16)15(20)12-6-7-17-14(18-12)11-4-5-11/h6-7,10-11,13H,2-5,8-9,16H2,1H3/t10-,13-/m0/s1. The maximum Gasteiger partial charge on any atom is 0.272 e. The highest BCUT2D eigenvalue weighted by molar-refractivity contribution is 5.92. The number of hydrogen-bond donors (Lipinski definition) is 1. The zero-order chi connectivity index (χ0) is 14.1. The quantitative estimate of drug-likeness (QED) is 0.907. The first-order valence-corrected chi connectivity index (χ1v) is 7.54. The van der Waals surface area contributed by atoms with E-state index in [1.165, 1.54) is 0 Å². The number of amides is 1. The molecule has 2 aliphatic rings. The third-order valence-corrected chi connectivity index (χ3v) is 4.45. The van der Waals surface area contributed by atoms with Gasteiger partial charge in [0.1, 0.15) is 11.5 Å². The monoisotopic (exact) mass is 274 g/mol. The summed E-state index contributed by atoms with van der Waals surface area (Å²) in [7, 11) is 0. The molecule has 0 unspecified atom stereocenters. The average molecular weight is 274 g/mol. The number of carbonyl (C=O) groups is 1. The van der Waals surface area contributed by atoms with E-state index in [2.05, 4.69) is 16.9 Å². The predicted octanol–water partition coefficient (Wildman–Crippen LogP) is 1.55. The highest BCUT2D eigenvalue weighted by atomic mass is 16.2. The molecule has 1 aliphatic carbocycles. The van der Waals surface area contributed by atoms with Gasteiger partial charge in [-0.05, 0) is 37.7 Å². The van der Waals surface area contributed by atoms with Gasteiger partial charge in [0.15, 0.2) is 0 Å². The van der Waals surface area contributed by atoms with E-state index in [1.807, 2.05) is 4.90 Å². The number of carbonyl (C=O) groups excluding carboxylic acids is 1. The number of nitrogens with two attached hydrogens (primary N) is 1. The third kappa shape index (κ3) is 2.54. The van der Waals surface area contributed by atoms with Gasteiger partial charge in [-0.25, -0.2) is 9.97 Å². The van der Waals surface area contributed by atoms with Crippen molar-refractivity contribution in [2.24, 2.45) is 11.7 Å². The van der Waals surface area contributed by atoms with E-state index in [1.54, 1.807) is 12.3 Å². The van der Waals surface area contributed by atoms with Crippen LogP contribution in [0.25, 0.3) is 0 Å². The normalized spacial score (nSPS) is 26.6. The largest absolute Gasteiger partial charge is 0.333 e. The molecule has 0 aromatic carbocycles. The molecule has 5 heteroatoms. The lowest BCUT2D eigenvalue weighted by Crippen LogP contribution is -2.51. The van der Waals surface area contributed by atoms with Crippen molar-refractivity contribution < 1.29 is 4.79 Å². The van der Waals surface area contributed by atoms with Crippen LogP contribution in [-0.4, -0.2) is 39.9 Å². The van der Waals surface area contributed by atoms with Crippen LogP contribution in [0.15, 0.2) is 12.3 Å². The Balaban J connectivity index is 1.81. The fraction of sp³-hybridized carbons (Fsp3) is 0.667. The fourth-order valence-corrected chi connectivity index (χ4v) is 3.04. The molecule has 1 aromatic rings. The lowest BCUT2D eigenvalue weighted by molar-refractivity contribution is 0.0526. The number of nitrogens with zero attached hydrogens (tertiary/aromatic N) is 3. The molecule has 1 saturated heterocycles. The van der Waals surface area contributed by atoms with Gasteiger partial charge < -0.3 is 10.6 Å². The minimum atomic E-state index is 0.0105. The Hall–Kier alpha value is -1.49. The first kappa shape index (κ1) is 13.5. The average Bonchev–Trinajstić information content (AvgIpc) is 3.31. The van der Waals surface area contributed by atoms with Gasteiger partial charge in [0.25, 0.3) is 5.91 Å². The second-order valence-corrected chi connectivity index (χ2v) is 6.00. The molecule has 2 atom stereocenters. The van der Waals surface area contributed by atoms with Crippen LogP contribution in [-0.2, 0) is 0 Å². The Labute approximate surface area is 119 Å². The van der Waals surface area contributed by atoms with E-state index >= 15 is 0 Å². The second kappa shape index (κ2) is 5.48. The van der Waals surface area contributed by atoms with Gasteiger partial charge >= 0.3 is 0 Å². The van der Waals surface area contributed by atoms with Crippen LogP contribution in [0, 0.1) is 5.92 Å². The fourth-order valence-electron chi connectivity index (χ4n) is 3.04. The Morgan fingerprint density at radius 2 is 2.25 bits per heavy atom. The molecule has 2 N–H and O–H groups in total. The minimum absolute atomic E-state index is 0.0105.